The lowest BCUT2D eigenvalue weighted by atomic mass is 9.93. The Bertz CT molecular complexity index is 645. The Morgan fingerprint density at radius 3 is 2.78 bits per heavy atom. The Balaban J connectivity index is 1.85. The maximum Gasteiger partial charge on any atom is 0.410 e. The van der Waals surface area contributed by atoms with Gasteiger partial charge in [0, 0.05) is 25.7 Å². The van der Waals surface area contributed by atoms with Crippen LogP contribution < -0.4 is 10.0 Å². The molecule has 0 aromatic carbocycles. The molecule has 1 aliphatic rings. The van der Waals surface area contributed by atoms with E-state index in [1.165, 1.54) is 0 Å². The maximum absolute atomic E-state index is 12.5. The number of hydrogen-bond donors (Lipinski definition) is 1. The minimum atomic E-state index is -0.461. The third-order valence-corrected chi connectivity index (χ3v) is 5.37. The van der Waals surface area contributed by atoms with Gasteiger partial charge < -0.3 is 14.5 Å². The van der Waals surface area contributed by atoms with Gasteiger partial charge in [-0.15, -0.1) is 0 Å². The molecule has 27 heavy (non-hydrogen) atoms. The summed E-state index contributed by atoms with van der Waals surface area (Å²) >= 11 is 1.16. The molecule has 1 aromatic rings. The quantitative estimate of drug-likeness (QED) is 0.725. The van der Waals surface area contributed by atoms with Gasteiger partial charge in [0.1, 0.15) is 16.4 Å². The average Bonchev–Trinajstić information content (AvgIpc) is 2.88. The zero-order valence-electron chi connectivity index (χ0n) is 17.5. The number of carbonyl (C=O) groups excluding carboxylic acids is 1. The standard InChI is InChI=1S/C20H34N4O2S/c1-19(2,3)26-18(25)24-14-15(13-20(24,4)5)9-8-12-23(6)16-10-7-11-17(22-16)27-21/h7,10-11,15H,8-9,12-14,21H2,1-6H3. The Morgan fingerprint density at radius 1 is 1.44 bits per heavy atom. The number of pyridine rings is 1. The summed E-state index contributed by atoms with van der Waals surface area (Å²) in [4.78, 5) is 21.1. The minimum Gasteiger partial charge on any atom is -0.444 e. The zero-order chi connectivity index (χ0) is 20.2. The van der Waals surface area contributed by atoms with Gasteiger partial charge in [0.2, 0.25) is 0 Å². The van der Waals surface area contributed by atoms with Crippen LogP contribution in [0.25, 0.3) is 0 Å². The van der Waals surface area contributed by atoms with Gasteiger partial charge in [-0.1, -0.05) is 6.07 Å². The Kier molecular flexibility index (Phi) is 7.03. The molecule has 1 fully saturated rings. The molecule has 0 spiro atoms. The van der Waals surface area contributed by atoms with Crippen molar-refractivity contribution < 1.29 is 9.53 Å². The van der Waals surface area contributed by atoms with E-state index in [4.69, 9.17) is 9.88 Å². The lowest BCUT2D eigenvalue weighted by molar-refractivity contribution is 0.0131. The molecule has 1 atom stereocenters. The lowest BCUT2D eigenvalue weighted by Crippen LogP contribution is -2.45. The van der Waals surface area contributed by atoms with Crippen molar-refractivity contribution in [3.63, 3.8) is 0 Å². The second-order valence-corrected chi connectivity index (χ2v) is 9.64. The van der Waals surface area contributed by atoms with Gasteiger partial charge in [-0.2, -0.15) is 0 Å². The molecule has 1 amide bonds. The van der Waals surface area contributed by atoms with E-state index < -0.39 is 5.60 Å². The van der Waals surface area contributed by atoms with Gasteiger partial charge in [-0.25, -0.2) is 9.78 Å². The van der Waals surface area contributed by atoms with Gasteiger partial charge in [0.05, 0.1) is 0 Å². The highest BCUT2D eigenvalue weighted by molar-refractivity contribution is 7.97. The van der Waals surface area contributed by atoms with Crippen molar-refractivity contribution in [1.29, 1.82) is 0 Å². The number of carbonyl (C=O) groups is 1. The third kappa shape index (κ3) is 6.28. The number of likely N-dealkylation sites (tertiary alicyclic amines) is 1. The van der Waals surface area contributed by atoms with E-state index in [2.05, 4.69) is 30.8 Å². The minimum absolute atomic E-state index is 0.160. The van der Waals surface area contributed by atoms with Crippen LogP contribution in [0.5, 0.6) is 0 Å². The Hall–Kier alpha value is -1.47. The zero-order valence-corrected chi connectivity index (χ0v) is 18.3. The fourth-order valence-electron chi connectivity index (χ4n) is 3.63. The van der Waals surface area contributed by atoms with Gasteiger partial charge >= 0.3 is 6.09 Å². The molecular weight excluding hydrogens is 360 g/mol. The van der Waals surface area contributed by atoms with Crippen molar-refractivity contribution in [3.8, 4) is 0 Å². The molecule has 0 saturated carbocycles. The number of nitrogens with zero attached hydrogens (tertiary/aromatic N) is 3. The van der Waals surface area contributed by atoms with Crippen LogP contribution in [-0.4, -0.2) is 47.3 Å². The monoisotopic (exact) mass is 394 g/mol. The highest BCUT2D eigenvalue weighted by atomic mass is 32.2. The fraction of sp³-hybridized carbons (Fsp3) is 0.700. The van der Waals surface area contributed by atoms with E-state index in [0.717, 1.165) is 55.1 Å². The van der Waals surface area contributed by atoms with Crippen LogP contribution in [0.3, 0.4) is 0 Å². The number of amides is 1. The predicted octanol–water partition coefficient (Wildman–Crippen LogP) is 4.30. The van der Waals surface area contributed by atoms with Gasteiger partial charge in [-0.05, 0) is 83.9 Å². The molecule has 2 rings (SSSR count). The topological polar surface area (TPSA) is 71.7 Å². The highest BCUT2D eigenvalue weighted by Gasteiger charge is 2.42. The lowest BCUT2D eigenvalue weighted by Gasteiger charge is -2.33. The molecule has 0 aliphatic carbocycles. The predicted molar refractivity (Wildman–Crippen MR) is 112 cm³/mol. The van der Waals surface area contributed by atoms with Crippen LogP contribution in [-0.2, 0) is 4.74 Å². The van der Waals surface area contributed by atoms with Crippen molar-refractivity contribution >= 4 is 23.9 Å². The molecule has 2 heterocycles. The van der Waals surface area contributed by atoms with Crippen LogP contribution in [0, 0.1) is 5.92 Å². The van der Waals surface area contributed by atoms with Crippen LogP contribution in [0.1, 0.15) is 53.9 Å². The summed E-state index contributed by atoms with van der Waals surface area (Å²) in [6, 6.07) is 5.89. The molecule has 1 unspecified atom stereocenters. The fourth-order valence-corrected chi connectivity index (χ4v) is 3.94. The summed E-state index contributed by atoms with van der Waals surface area (Å²) in [5.41, 5.74) is -0.621. The van der Waals surface area contributed by atoms with Crippen molar-refractivity contribution in [1.82, 2.24) is 9.88 Å². The number of anilines is 1. The van der Waals surface area contributed by atoms with E-state index in [9.17, 15) is 4.79 Å². The van der Waals surface area contributed by atoms with Gasteiger partial charge in [0.15, 0.2) is 0 Å². The molecule has 1 aromatic heterocycles. The van der Waals surface area contributed by atoms with Gasteiger partial charge in [0.25, 0.3) is 0 Å². The molecule has 7 heteroatoms. The van der Waals surface area contributed by atoms with Crippen molar-refractivity contribution in [2.75, 3.05) is 25.0 Å². The third-order valence-electron chi connectivity index (χ3n) is 4.90. The summed E-state index contributed by atoms with van der Waals surface area (Å²) in [7, 11) is 2.05. The molecule has 1 aliphatic heterocycles. The molecule has 6 nitrogen and oxygen atoms in total. The Labute approximate surface area is 168 Å². The van der Waals surface area contributed by atoms with Gasteiger partial charge in [-0.3, -0.25) is 5.14 Å². The Morgan fingerprint density at radius 2 is 2.15 bits per heavy atom. The normalized spacial score (nSPS) is 19.2. The number of ether oxygens (including phenoxy) is 1. The first kappa shape index (κ1) is 21.8. The van der Waals surface area contributed by atoms with E-state index in [1.54, 1.807) is 0 Å². The number of aromatic nitrogens is 1. The van der Waals surface area contributed by atoms with Crippen LogP contribution >= 0.6 is 11.9 Å². The van der Waals surface area contributed by atoms with E-state index >= 15 is 0 Å². The smallest absolute Gasteiger partial charge is 0.410 e. The summed E-state index contributed by atoms with van der Waals surface area (Å²) < 4.78 is 5.59. The molecule has 2 N–H and O–H groups in total. The molecule has 1 saturated heterocycles. The average molecular weight is 395 g/mol. The van der Waals surface area contributed by atoms with Crippen molar-refractivity contribution in [2.45, 2.75) is 70.0 Å². The summed E-state index contributed by atoms with van der Waals surface area (Å²) in [5, 5.41) is 6.42. The first-order valence-corrected chi connectivity index (χ1v) is 10.5. The molecule has 0 bridgehead atoms. The SMILES string of the molecule is CN(CCCC1CN(C(=O)OC(C)(C)C)C(C)(C)C1)c1cccc(SN)n1. The van der Waals surface area contributed by atoms with E-state index in [0.29, 0.717) is 5.92 Å². The largest absolute Gasteiger partial charge is 0.444 e. The summed E-state index contributed by atoms with van der Waals surface area (Å²) in [6.07, 6.45) is 2.94. The molecule has 0 radical (unpaired) electrons. The van der Waals surface area contributed by atoms with E-state index in [1.807, 2.05) is 43.9 Å². The highest BCUT2D eigenvalue weighted by Crippen LogP contribution is 2.36. The summed E-state index contributed by atoms with van der Waals surface area (Å²) in [6.45, 7) is 11.7. The number of rotatable bonds is 6. The van der Waals surface area contributed by atoms with Crippen LogP contribution in [0.15, 0.2) is 23.2 Å². The second-order valence-electron chi connectivity index (χ2n) is 8.99. The molecular formula is C20H34N4O2S. The second kappa shape index (κ2) is 8.69. The van der Waals surface area contributed by atoms with Crippen molar-refractivity contribution in [3.05, 3.63) is 18.2 Å². The number of nitrogens with two attached hydrogens (primary N) is 1. The number of hydrogen-bond acceptors (Lipinski definition) is 6. The first-order valence-electron chi connectivity index (χ1n) is 9.57. The van der Waals surface area contributed by atoms with Crippen LogP contribution in [0.2, 0.25) is 0 Å². The first-order chi connectivity index (χ1) is 12.5. The summed E-state index contributed by atoms with van der Waals surface area (Å²) in [5.74, 6) is 1.44. The maximum atomic E-state index is 12.5. The van der Waals surface area contributed by atoms with Crippen molar-refractivity contribution in [2.24, 2.45) is 11.1 Å². The van der Waals surface area contributed by atoms with Crippen LogP contribution in [0.4, 0.5) is 10.6 Å². The molecule has 152 valence electrons. The van der Waals surface area contributed by atoms with E-state index in [-0.39, 0.29) is 11.6 Å².